The number of carbonyl (C=O) groups excluding carboxylic acids is 2. The molecule has 1 aliphatic rings. The van der Waals surface area contributed by atoms with Crippen LogP contribution in [-0.2, 0) is 11.2 Å². The minimum atomic E-state index is -1.16. The van der Waals surface area contributed by atoms with E-state index in [1.54, 1.807) is 25.2 Å². The zero-order valence-electron chi connectivity index (χ0n) is 17.7. The summed E-state index contributed by atoms with van der Waals surface area (Å²) in [5.41, 5.74) is 2.46. The molecule has 0 bridgehead atoms. The van der Waals surface area contributed by atoms with Gasteiger partial charge >= 0.3 is 6.03 Å². The number of hydrogen-bond acceptors (Lipinski definition) is 4. The van der Waals surface area contributed by atoms with Crippen LogP contribution in [0.3, 0.4) is 0 Å². The average Bonchev–Trinajstić information content (AvgIpc) is 3.19. The lowest BCUT2D eigenvalue weighted by molar-refractivity contribution is -0.119. The van der Waals surface area contributed by atoms with Crippen LogP contribution in [0.2, 0.25) is 15.1 Å². The molecular weight excluding hydrogens is 503 g/mol. The Balaban J connectivity index is 1.71. The third-order valence-electron chi connectivity index (χ3n) is 5.07. The van der Waals surface area contributed by atoms with E-state index in [1.165, 1.54) is 22.3 Å². The Hall–Kier alpha value is -2.58. The van der Waals surface area contributed by atoms with Gasteiger partial charge in [0.25, 0.3) is 5.91 Å². The number of amides is 3. The highest BCUT2D eigenvalue weighted by Crippen LogP contribution is 2.37. The fourth-order valence-corrected chi connectivity index (χ4v) is 4.97. The molecule has 0 radical (unpaired) electrons. The van der Waals surface area contributed by atoms with E-state index in [9.17, 15) is 9.59 Å². The summed E-state index contributed by atoms with van der Waals surface area (Å²) in [6.07, 6.45) is -0.336. The molecule has 2 aromatic carbocycles. The standard InChI is InChI=1S/C23H19Cl3N4O2S/c1-3-13-11-15-19(14-6-4-5-7-16(14)24)28-20(21(31)30(2)22(15)33-13)29-23(32)27-12-8-9-17(25)18(26)10-12/h4-11,20H,3H2,1-2H3,(H2,27,29,32). The van der Waals surface area contributed by atoms with Gasteiger partial charge in [-0.05, 0) is 36.8 Å². The largest absolute Gasteiger partial charge is 0.321 e. The fraction of sp³-hybridized carbons (Fsp3) is 0.174. The second-order valence-electron chi connectivity index (χ2n) is 7.27. The van der Waals surface area contributed by atoms with Crippen LogP contribution < -0.4 is 15.5 Å². The van der Waals surface area contributed by atoms with E-state index in [-0.39, 0.29) is 5.91 Å². The smallest absolute Gasteiger partial charge is 0.308 e. The molecule has 0 aliphatic carbocycles. The quantitative estimate of drug-likeness (QED) is 0.427. The van der Waals surface area contributed by atoms with E-state index in [1.807, 2.05) is 24.3 Å². The van der Waals surface area contributed by atoms with E-state index in [0.717, 1.165) is 21.9 Å². The van der Waals surface area contributed by atoms with Crippen LogP contribution in [-0.4, -0.2) is 30.9 Å². The number of nitrogens with one attached hydrogen (secondary N) is 2. The monoisotopic (exact) mass is 520 g/mol. The summed E-state index contributed by atoms with van der Waals surface area (Å²) in [4.78, 5) is 33.3. The first-order valence-corrected chi connectivity index (χ1v) is 12.0. The van der Waals surface area contributed by atoms with Gasteiger partial charge in [0.2, 0.25) is 6.17 Å². The molecule has 33 heavy (non-hydrogen) atoms. The Bertz CT molecular complexity index is 1270. The number of hydrogen-bond donors (Lipinski definition) is 2. The van der Waals surface area contributed by atoms with Gasteiger partial charge in [-0.25, -0.2) is 9.79 Å². The summed E-state index contributed by atoms with van der Waals surface area (Å²) in [7, 11) is 1.67. The summed E-state index contributed by atoms with van der Waals surface area (Å²) in [6.45, 7) is 2.05. The Labute approximate surface area is 210 Å². The first-order valence-electron chi connectivity index (χ1n) is 10.0. The van der Waals surface area contributed by atoms with Crippen LogP contribution in [0, 0.1) is 0 Å². The topological polar surface area (TPSA) is 73.8 Å². The summed E-state index contributed by atoms with van der Waals surface area (Å²) in [6, 6.07) is 13.4. The summed E-state index contributed by atoms with van der Waals surface area (Å²) < 4.78 is 0. The maximum atomic E-state index is 13.3. The number of halogens is 3. The molecule has 1 aromatic heterocycles. The van der Waals surface area contributed by atoms with Crippen molar-refractivity contribution in [2.24, 2.45) is 4.99 Å². The molecule has 3 amide bonds. The predicted octanol–water partition coefficient (Wildman–Crippen LogP) is 6.23. The highest BCUT2D eigenvalue weighted by Gasteiger charge is 2.33. The number of fused-ring (bicyclic) bond motifs is 1. The molecule has 0 fully saturated rings. The van der Waals surface area contributed by atoms with Gasteiger partial charge in [0.05, 0.1) is 15.8 Å². The van der Waals surface area contributed by atoms with E-state index in [4.69, 9.17) is 34.8 Å². The molecule has 1 aliphatic heterocycles. The molecule has 0 saturated carbocycles. The van der Waals surface area contributed by atoms with Gasteiger partial charge in [0, 0.05) is 33.8 Å². The molecule has 0 spiro atoms. The molecule has 3 aromatic rings. The third kappa shape index (κ3) is 4.87. The molecule has 0 saturated heterocycles. The number of aliphatic imine (C=N–C) groups is 1. The molecule has 1 atom stereocenters. The molecule has 4 rings (SSSR count). The van der Waals surface area contributed by atoms with Crippen LogP contribution in [0.1, 0.15) is 22.9 Å². The first kappa shape index (κ1) is 23.6. The van der Waals surface area contributed by atoms with Crippen molar-refractivity contribution in [3.63, 3.8) is 0 Å². The van der Waals surface area contributed by atoms with Crippen molar-refractivity contribution in [2.75, 3.05) is 17.3 Å². The highest BCUT2D eigenvalue weighted by atomic mass is 35.5. The normalized spacial score (nSPS) is 15.5. The predicted molar refractivity (Wildman–Crippen MR) is 137 cm³/mol. The first-order chi connectivity index (χ1) is 15.8. The summed E-state index contributed by atoms with van der Waals surface area (Å²) in [5.74, 6) is -0.368. The van der Waals surface area contributed by atoms with Crippen molar-refractivity contribution < 1.29 is 9.59 Å². The molecule has 6 nitrogen and oxygen atoms in total. The van der Waals surface area contributed by atoms with Crippen molar-refractivity contribution in [1.82, 2.24) is 5.32 Å². The number of carbonyl (C=O) groups is 2. The number of urea groups is 1. The number of likely N-dealkylation sites (N-methyl/N-ethyl adjacent to an activating group) is 1. The molecular formula is C23H19Cl3N4O2S. The Morgan fingerprint density at radius 3 is 2.52 bits per heavy atom. The summed E-state index contributed by atoms with van der Waals surface area (Å²) in [5, 5.41) is 7.23. The van der Waals surface area contributed by atoms with E-state index >= 15 is 0 Å². The zero-order valence-corrected chi connectivity index (χ0v) is 20.7. The number of thiophene rings is 1. The Morgan fingerprint density at radius 1 is 1.06 bits per heavy atom. The second kappa shape index (κ2) is 9.73. The zero-order chi connectivity index (χ0) is 23.7. The van der Waals surface area contributed by atoms with Crippen LogP contribution in [0.25, 0.3) is 0 Å². The van der Waals surface area contributed by atoms with E-state index in [2.05, 4.69) is 22.5 Å². The van der Waals surface area contributed by atoms with Crippen molar-refractivity contribution in [1.29, 1.82) is 0 Å². The van der Waals surface area contributed by atoms with Crippen LogP contribution in [0.4, 0.5) is 15.5 Å². The lowest BCUT2D eigenvalue weighted by Gasteiger charge is -2.19. The van der Waals surface area contributed by atoms with Gasteiger partial charge < -0.3 is 15.5 Å². The van der Waals surface area contributed by atoms with Gasteiger partial charge in [-0.3, -0.25) is 4.79 Å². The van der Waals surface area contributed by atoms with Crippen LogP contribution in [0.15, 0.2) is 53.5 Å². The Kier molecular flexibility index (Phi) is 6.95. The molecule has 170 valence electrons. The van der Waals surface area contributed by atoms with Gasteiger partial charge in [-0.2, -0.15) is 0 Å². The lowest BCUT2D eigenvalue weighted by Crippen LogP contribution is -2.47. The van der Waals surface area contributed by atoms with Gasteiger partial charge in [-0.1, -0.05) is 59.9 Å². The lowest BCUT2D eigenvalue weighted by atomic mass is 10.0. The number of anilines is 2. The second-order valence-corrected chi connectivity index (χ2v) is 9.61. The molecule has 1 unspecified atom stereocenters. The fourth-order valence-electron chi connectivity index (χ4n) is 3.39. The van der Waals surface area contributed by atoms with Gasteiger partial charge in [-0.15, -0.1) is 11.3 Å². The third-order valence-corrected chi connectivity index (χ3v) is 7.49. The molecule has 2 N–H and O–H groups in total. The van der Waals surface area contributed by atoms with Crippen LogP contribution >= 0.6 is 46.1 Å². The average molecular weight is 522 g/mol. The minimum Gasteiger partial charge on any atom is -0.308 e. The number of aryl methyl sites for hydroxylation is 1. The van der Waals surface area contributed by atoms with Crippen molar-refractivity contribution in [3.05, 3.63) is 79.6 Å². The van der Waals surface area contributed by atoms with E-state index in [0.29, 0.717) is 32.0 Å². The number of rotatable bonds is 4. The maximum absolute atomic E-state index is 13.3. The Morgan fingerprint density at radius 2 is 1.82 bits per heavy atom. The molecule has 10 heteroatoms. The van der Waals surface area contributed by atoms with E-state index < -0.39 is 12.2 Å². The number of benzene rings is 2. The molecule has 2 heterocycles. The van der Waals surface area contributed by atoms with Crippen molar-refractivity contribution in [2.45, 2.75) is 19.5 Å². The summed E-state index contributed by atoms with van der Waals surface area (Å²) >= 11 is 19.9. The number of nitrogens with zero attached hydrogens (tertiary/aromatic N) is 2. The minimum absolute atomic E-state index is 0.301. The SMILES string of the molecule is CCc1cc2c(s1)N(C)C(=O)C(NC(=O)Nc1ccc(Cl)c(Cl)c1)N=C2c1ccccc1Cl. The van der Waals surface area contributed by atoms with Gasteiger partial charge in [0.1, 0.15) is 5.00 Å². The maximum Gasteiger partial charge on any atom is 0.321 e. The van der Waals surface area contributed by atoms with Crippen molar-refractivity contribution in [3.8, 4) is 0 Å². The van der Waals surface area contributed by atoms with Crippen LogP contribution in [0.5, 0.6) is 0 Å². The highest BCUT2D eigenvalue weighted by molar-refractivity contribution is 7.16. The van der Waals surface area contributed by atoms with Gasteiger partial charge in [0.15, 0.2) is 0 Å². The van der Waals surface area contributed by atoms with Crippen molar-refractivity contribution >= 4 is 74.5 Å².